The molecule has 0 aliphatic carbocycles. The fraction of sp³-hybridized carbons (Fsp3) is 0.438. The van der Waals surface area contributed by atoms with Gasteiger partial charge >= 0.3 is 0 Å². The van der Waals surface area contributed by atoms with Crippen LogP contribution in [0.4, 0.5) is 0 Å². The molecule has 1 aromatic carbocycles. The Morgan fingerprint density at radius 2 is 2.10 bits per heavy atom. The number of ether oxygens (including phenoxy) is 1. The summed E-state index contributed by atoms with van der Waals surface area (Å²) in [4.78, 5) is 0. The van der Waals surface area contributed by atoms with E-state index in [1.165, 1.54) is 0 Å². The number of rotatable bonds is 6. The van der Waals surface area contributed by atoms with E-state index in [0.717, 1.165) is 12.1 Å². The lowest BCUT2D eigenvalue weighted by Crippen LogP contribution is -2.06. The van der Waals surface area contributed by atoms with Crippen molar-refractivity contribution in [1.82, 2.24) is 9.78 Å². The van der Waals surface area contributed by atoms with Crippen LogP contribution in [0.2, 0.25) is 5.02 Å². The van der Waals surface area contributed by atoms with E-state index in [-0.39, 0.29) is 0 Å². The summed E-state index contributed by atoms with van der Waals surface area (Å²) in [7, 11) is 0. The van der Waals surface area contributed by atoms with Gasteiger partial charge in [0.15, 0.2) is 0 Å². The first-order chi connectivity index (χ1) is 10.0. The predicted octanol–water partition coefficient (Wildman–Crippen LogP) is 4.14. The highest BCUT2D eigenvalue weighted by atomic mass is 35.5. The van der Waals surface area contributed by atoms with E-state index in [1.807, 2.05) is 16.9 Å². The lowest BCUT2D eigenvalue weighted by atomic mass is 10.1. The Balaban J connectivity index is 2.08. The van der Waals surface area contributed by atoms with Gasteiger partial charge in [-0.3, -0.25) is 4.68 Å². The average Bonchev–Trinajstić information content (AvgIpc) is 2.93. The first-order valence-corrected chi connectivity index (χ1v) is 7.53. The second-order valence-corrected chi connectivity index (χ2v) is 5.63. The second-order valence-electron chi connectivity index (χ2n) is 5.19. The zero-order chi connectivity index (χ0) is 15.4. The molecule has 0 bridgehead atoms. The van der Waals surface area contributed by atoms with E-state index in [1.54, 1.807) is 25.1 Å². The Kier molecular flexibility index (Phi) is 5.26. The van der Waals surface area contributed by atoms with E-state index in [4.69, 9.17) is 16.3 Å². The molecule has 1 aromatic heterocycles. The molecule has 114 valence electrons. The van der Waals surface area contributed by atoms with Gasteiger partial charge in [0.05, 0.1) is 11.8 Å². The fourth-order valence-electron chi connectivity index (χ4n) is 2.02. The van der Waals surface area contributed by atoms with Gasteiger partial charge in [0, 0.05) is 22.8 Å². The Hall–Kier alpha value is -1.52. The number of aromatic nitrogens is 2. The summed E-state index contributed by atoms with van der Waals surface area (Å²) in [5.41, 5.74) is 1.55. The second kappa shape index (κ2) is 6.96. The maximum atomic E-state index is 9.78. The largest absolute Gasteiger partial charge is 0.487 e. The van der Waals surface area contributed by atoms with Crippen molar-refractivity contribution in [2.45, 2.75) is 45.9 Å². The Morgan fingerprint density at radius 3 is 2.76 bits per heavy atom. The van der Waals surface area contributed by atoms with Crippen molar-refractivity contribution < 1.29 is 9.84 Å². The quantitative estimate of drug-likeness (QED) is 0.872. The molecular formula is C16H21ClN2O2. The summed E-state index contributed by atoms with van der Waals surface area (Å²) in [6, 6.07) is 7.57. The summed E-state index contributed by atoms with van der Waals surface area (Å²) < 4.78 is 7.71. The molecule has 0 amide bonds. The predicted molar refractivity (Wildman–Crippen MR) is 83.6 cm³/mol. The van der Waals surface area contributed by atoms with E-state index in [2.05, 4.69) is 18.9 Å². The van der Waals surface area contributed by atoms with Crippen LogP contribution in [0.25, 0.3) is 0 Å². The van der Waals surface area contributed by atoms with Crippen LogP contribution < -0.4 is 4.74 Å². The molecule has 0 fully saturated rings. The molecule has 2 unspecified atom stereocenters. The van der Waals surface area contributed by atoms with Crippen molar-refractivity contribution in [3.8, 4) is 5.75 Å². The molecule has 0 spiro atoms. The molecule has 21 heavy (non-hydrogen) atoms. The van der Waals surface area contributed by atoms with E-state index < -0.39 is 6.10 Å². The highest BCUT2D eigenvalue weighted by molar-refractivity contribution is 6.30. The Morgan fingerprint density at radius 1 is 1.33 bits per heavy atom. The fourth-order valence-corrected chi connectivity index (χ4v) is 2.20. The van der Waals surface area contributed by atoms with Crippen molar-refractivity contribution >= 4 is 11.6 Å². The van der Waals surface area contributed by atoms with Gasteiger partial charge in [-0.1, -0.05) is 18.5 Å². The number of benzene rings is 1. The smallest absolute Gasteiger partial charge is 0.132 e. The molecular weight excluding hydrogens is 288 g/mol. The number of hydrogen-bond donors (Lipinski definition) is 1. The van der Waals surface area contributed by atoms with Gasteiger partial charge in [0.1, 0.15) is 12.4 Å². The van der Waals surface area contributed by atoms with E-state index >= 15 is 0 Å². The van der Waals surface area contributed by atoms with Crippen LogP contribution in [0.1, 0.15) is 50.6 Å². The monoisotopic (exact) mass is 308 g/mol. The van der Waals surface area contributed by atoms with E-state index in [9.17, 15) is 5.11 Å². The van der Waals surface area contributed by atoms with Crippen LogP contribution in [-0.4, -0.2) is 14.9 Å². The van der Waals surface area contributed by atoms with Gasteiger partial charge in [-0.15, -0.1) is 0 Å². The van der Waals surface area contributed by atoms with Gasteiger partial charge in [-0.25, -0.2) is 0 Å². The summed E-state index contributed by atoms with van der Waals surface area (Å²) in [5.74, 6) is 0.632. The summed E-state index contributed by atoms with van der Waals surface area (Å²) in [5, 5.41) is 14.9. The third-order valence-corrected chi connectivity index (χ3v) is 3.74. The first kappa shape index (κ1) is 15.9. The van der Waals surface area contributed by atoms with Crippen molar-refractivity contribution in [3.05, 3.63) is 46.7 Å². The van der Waals surface area contributed by atoms with Crippen LogP contribution in [-0.2, 0) is 6.61 Å². The number of halogens is 1. The van der Waals surface area contributed by atoms with Crippen molar-refractivity contribution in [3.63, 3.8) is 0 Å². The summed E-state index contributed by atoms with van der Waals surface area (Å²) >= 11 is 5.95. The van der Waals surface area contributed by atoms with Crippen LogP contribution in [0.5, 0.6) is 5.75 Å². The molecule has 0 saturated carbocycles. The molecule has 2 rings (SSSR count). The Bertz CT molecular complexity index is 596. The minimum Gasteiger partial charge on any atom is -0.487 e. The number of nitrogens with zero attached hydrogens (tertiary/aromatic N) is 2. The van der Waals surface area contributed by atoms with Crippen molar-refractivity contribution in [2.75, 3.05) is 0 Å². The van der Waals surface area contributed by atoms with Crippen LogP contribution in [0.15, 0.2) is 30.5 Å². The maximum absolute atomic E-state index is 9.78. The normalized spacial score (nSPS) is 14.0. The molecule has 4 nitrogen and oxygen atoms in total. The average molecular weight is 309 g/mol. The molecule has 5 heteroatoms. The van der Waals surface area contributed by atoms with Gasteiger partial charge < -0.3 is 9.84 Å². The highest BCUT2D eigenvalue weighted by Gasteiger charge is 2.11. The summed E-state index contributed by atoms with van der Waals surface area (Å²) in [6.45, 7) is 6.31. The number of aliphatic hydroxyl groups excluding tert-OH is 1. The third-order valence-electron chi connectivity index (χ3n) is 3.50. The molecule has 2 atom stereocenters. The lowest BCUT2D eigenvalue weighted by molar-refractivity contribution is 0.189. The van der Waals surface area contributed by atoms with Gasteiger partial charge in [-0.2, -0.15) is 5.10 Å². The minimum atomic E-state index is -0.628. The molecule has 0 radical (unpaired) electrons. The number of hydrogen-bond acceptors (Lipinski definition) is 3. The maximum Gasteiger partial charge on any atom is 0.132 e. The minimum absolute atomic E-state index is 0.366. The third kappa shape index (κ3) is 3.99. The van der Waals surface area contributed by atoms with Crippen molar-refractivity contribution in [1.29, 1.82) is 0 Å². The molecule has 1 N–H and O–H groups in total. The summed E-state index contributed by atoms with van der Waals surface area (Å²) in [6.07, 6.45) is 2.37. The number of aliphatic hydroxyl groups is 1. The Labute approximate surface area is 130 Å². The van der Waals surface area contributed by atoms with Crippen LogP contribution in [0, 0.1) is 0 Å². The topological polar surface area (TPSA) is 47.3 Å². The molecule has 0 aliphatic rings. The van der Waals surface area contributed by atoms with Crippen LogP contribution >= 0.6 is 11.6 Å². The lowest BCUT2D eigenvalue weighted by Gasteiger charge is -2.13. The molecule has 1 heterocycles. The van der Waals surface area contributed by atoms with E-state index in [0.29, 0.717) is 29.0 Å². The zero-order valence-corrected chi connectivity index (χ0v) is 13.3. The molecule has 0 saturated heterocycles. The van der Waals surface area contributed by atoms with Gasteiger partial charge in [0.2, 0.25) is 0 Å². The molecule has 2 aromatic rings. The SMILES string of the molecule is CCC(C)n1ccc(COc2ccc(Cl)cc2C(C)O)n1. The molecule has 0 aliphatic heterocycles. The van der Waals surface area contributed by atoms with Gasteiger partial charge in [0.25, 0.3) is 0 Å². The standard InChI is InChI=1S/C16H21ClN2O2/c1-4-11(2)19-8-7-14(18-19)10-21-16-6-5-13(17)9-15(16)12(3)20/h5-9,11-12,20H,4,10H2,1-3H3. The highest BCUT2D eigenvalue weighted by Crippen LogP contribution is 2.28. The van der Waals surface area contributed by atoms with Gasteiger partial charge in [-0.05, 0) is 44.5 Å². The van der Waals surface area contributed by atoms with Crippen molar-refractivity contribution in [2.24, 2.45) is 0 Å². The first-order valence-electron chi connectivity index (χ1n) is 7.15. The zero-order valence-electron chi connectivity index (χ0n) is 12.6. The van der Waals surface area contributed by atoms with Crippen LogP contribution in [0.3, 0.4) is 0 Å².